The number of methoxy groups -OCH3 is 2. The Hall–Kier alpha value is -4.36. The van der Waals surface area contributed by atoms with Crippen molar-refractivity contribution in [3.8, 4) is 11.5 Å². The average Bonchev–Trinajstić information content (AvgIpc) is 2.90. The number of pyridine rings is 1. The van der Waals surface area contributed by atoms with E-state index in [4.69, 9.17) is 14.3 Å². The highest BCUT2D eigenvalue weighted by Gasteiger charge is 2.42. The maximum absolute atomic E-state index is 11.2. The van der Waals surface area contributed by atoms with Crippen molar-refractivity contribution in [2.75, 3.05) is 19.7 Å². The first-order valence-corrected chi connectivity index (χ1v) is 10.6. The number of carboxylic acids is 1. The molecule has 4 aromatic rings. The van der Waals surface area contributed by atoms with Gasteiger partial charge in [-0.05, 0) is 29.3 Å². The Morgan fingerprint density at radius 2 is 1.47 bits per heavy atom. The number of nitrogens with one attached hydrogen (secondary N) is 1. The Balaban J connectivity index is 1.92. The van der Waals surface area contributed by atoms with E-state index in [0.29, 0.717) is 22.9 Å². The van der Waals surface area contributed by atoms with E-state index in [-0.39, 0.29) is 5.56 Å². The molecule has 0 radical (unpaired) electrons. The molecule has 0 fully saturated rings. The normalized spacial score (nSPS) is 11.0. The van der Waals surface area contributed by atoms with Crippen molar-refractivity contribution < 1.29 is 24.2 Å². The molecule has 4 rings (SSSR count). The molecule has 0 aliphatic carbocycles. The molecule has 1 heterocycles. The van der Waals surface area contributed by atoms with E-state index in [1.807, 2.05) is 78.9 Å². The van der Waals surface area contributed by atoms with Crippen LogP contribution in [-0.2, 0) is 10.4 Å². The van der Waals surface area contributed by atoms with Crippen LogP contribution in [0, 0.1) is 0 Å². The van der Waals surface area contributed by atoms with Gasteiger partial charge in [0.15, 0.2) is 17.1 Å². The lowest BCUT2D eigenvalue weighted by atomic mass is 9.79. The summed E-state index contributed by atoms with van der Waals surface area (Å²) in [6.07, 6.45) is 1.27. The van der Waals surface area contributed by atoms with E-state index in [0.717, 1.165) is 11.1 Å². The summed E-state index contributed by atoms with van der Waals surface area (Å²) >= 11 is 0. The summed E-state index contributed by atoms with van der Waals surface area (Å²) in [5, 5.41) is 9.17. The van der Waals surface area contributed by atoms with Crippen molar-refractivity contribution in [1.29, 1.82) is 0 Å². The van der Waals surface area contributed by atoms with Crippen LogP contribution in [0.3, 0.4) is 0 Å². The molecular formula is C27H24N2O5. The Kier molecular flexibility index (Phi) is 6.75. The minimum absolute atomic E-state index is 0.0809. The summed E-state index contributed by atoms with van der Waals surface area (Å²) in [5.74, 6) is 0.379. The van der Waals surface area contributed by atoms with Gasteiger partial charge in [0.25, 0.3) is 0 Å². The lowest BCUT2D eigenvalue weighted by Gasteiger charge is -2.36. The number of benzene rings is 3. The highest BCUT2D eigenvalue weighted by molar-refractivity contribution is 5.87. The topological polar surface area (TPSA) is 89.9 Å². The van der Waals surface area contributed by atoms with Crippen LogP contribution in [0.2, 0.25) is 0 Å². The molecule has 34 heavy (non-hydrogen) atoms. The number of rotatable bonds is 9. The standard InChI is InChI=1S/C27H24N2O5/c1-32-23-15-9-14-22(25(23)33-2)27(20-10-5-3-6-11-20,21-12-7-4-8-13-21)34-29-24-17-16-19(18-28-24)26(30)31/h3-18H,1-2H3,(H,28,29)(H,30,31). The number of anilines is 1. The van der Waals surface area contributed by atoms with Gasteiger partial charge < -0.3 is 14.6 Å². The first-order valence-electron chi connectivity index (χ1n) is 10.6. The molecule has 0 spiro atoms. The fourth-order valence-electron chi connectivity index (χ4n) is 3.87. The largest absolute Gasteiger partial charge is 0.493 e. The second-order valence-electron chi connectivity index (χ2n) is 7.40. The number of aromatic nitrogens is 1. The summed E-state index contributed by atoms with van der Waals surface area (Å²) in [5.41, 5.74) is 4.23. The van der Waals surface area contributed by atoms with Crippen LogP contribution >= 0.6 is 0 Å². The van der Waals surface area contributed by atoms with E-state index in [1.165, 1.54) is 12.3 Å². The summed E-state index contributed by atoms with van der Waals surface area (Å²) in [6, 6.07) is 28.1. The van der Waals surface area contributed by atoms with Gasteiger partial charge in [-0.2, -0.15) is 0 Å². The molecule has 0 amide bonds. The van der Waals surface area contributed by atoms with Crippen molar-refractivity contribution in [3.63, 3.8) is 0 Å². The quantitative estimate of drug-likeness (QED) is 0.266. The number of aromatic carboxylic acids is 1. The smallest absolute Gasteiger partial charge is 0.337 e. The van der Waals surface area contributed by atoms with E-state index < -0.39 is 11.6 Å². The highest BCUT2D eigenvalue weighted by atomic mass is 16.7. The molecule has 1 aromatic heterocycles. The molecule has 0 atom stereocenters. The SMILES string of the molecule is COc1cccc(C(ONc2ccc(C(=O)O)cn2)(c2ccccc2)c2ccccc2)c1OC. The Bertz CT molecular complexity index is 1210. The van der Waals surface area contributed by atoms with E-state index in [9.17, 15) is 9.90 Å². The number of para-hydroxylation sites is 1. The van der Waals surface area contributed by atoms with Crippen molar-refractivity contribution in [1.82, 2.24) is 4.98 Å². The van der Waals surface area contributed by atoms with Crippen molar-refractivity contribution in [2.45, 2.75) is 5.60 Å². The van der Waals surface area contributed by atoms with Crippen LogP contribution in [0.1, 0.15) is 27.0 Å². The second-order valence-corrected chi connectivity index (χ2v) is 7.40. The molecule has 0 unspecified atom stereocenters. The first-order chi connectivity index (χ1) is 16.6. The highest BCUT2D eigenvalue weighted by Crippen LogP contribution is 2.47. The minimum atomic E-state index is -1.17. The molecule has 0 saturated heterocycles. The number of carbonyl (C=O) groups is 1. The van der Waals surface area contributed by atoms with E-state index in [1.54, 1.807) is 20.3 Å². The fraction of sp³-hybridized carbons (Fsp3) is 0.111. The van der Waals surface area contributed by atoms with Gasteiger partial charge in [-0.1, -0.05) is 72.8 Å². The zero-order valence-electron chi connectivity index (χ0n) is 18.8. The van der Waals surface area contributed by atoms with Gasteiger partial charge in [0.1, 0.15) is 5.82 Å². The van der Waals surface area contributed by atoms with Gasteiger partial charge in [-0.25, -0.2) is 15.3 Å². The minimum Gasteiger partial charge on any atom is -0.493 e. The third-order valence-electron chi connectivity index (χ3n) is 5.46. The lowest BCUT2D eigenvalue weighted by molar-refractivity contribution is 0.0526. The van der Waals surface area contributed by atoms with Gasteiger partial charge in [0.05, 0.1) is 19.8 Å². The van der Waals surface area contributed by atoms with Gasteiger partial charge >= 0.3 is 5.97 Å². The molecule has 172 valence electrons. The van der Waals surface area contributed by atoms with Crippen molar-refractivity contribution >= 4 is 11.8 Å². The summed E-state index contributed by atoms with van der Waals surface area (Å²) in [7, 11) is 3.17. The zero-order valence-corrected chi connectivity index (χ0v) is 18.8. The zero-order chi connectivity index (χ0) is 24.0. The number of carboxylic acid groups (broad SMARTS) is 1. The first kappa shape index (κ1) is 22.8. The monoisotopic (exact) mass is 456 g/mol. The average molecular weight is 456 g/mol. The van der Waals surface area contributed by atoms with Crippen LogP contribution in [-0.4, -0.2) is 30.3 Å². The Labute approximate surface area is 197 Å². The van der Waals surface area contributed by atoms with E-state index >= 15 is 0 Å². The summed E-state index contributed by atoms with van der Waals surface area (Å²) in [6.45, 7) is 0. The van der Waals surface area contributed by atoms with Crippen molar-refractivity contribution in [2.24, 2.45) is 0 Å². The fourth-order valence-corrected chi connectivity index (χ4v) is 3.87. The number of nitrogens with zero attached hydrogens (tertiary/aromatic N) is 1. The Morgan fingerprint density at radius 3 is 1.97 bits per heavy atom. The third kappa shape index (κ3) is 4.29. The van der Waals surface area contributed by atoms with Crippen LogP contribution in [0.25, 0.3) is 0 Å². The molecule has 7 heteroatoms. The van der Waals surface area contributed by atoms with Gasteiger partial charge in [-0.15, -0.1) is 0 Å². The molecule has 7 nitrogen and oxygen atoms in total. The molecule has 0 bridgehead atoms. The maximum Gasteiger partial charge on any atom is 0.337 e. The van der Waals surface area contributed by atoms with Crippen LogP contribution < -0.4 is 15.0 Å². The molecule has 0 aliphatic heterocycles. The van der Waals surface area contributed by atoms with E-state index in [2.05, 4.69) is 10.5 Å². The predicted molar refractivity (Wildman–Crippen MR) is 128 cm³/mol. The van der Waals surface area contributed by atoms with Crippen LogP contribution in [0.15, 0.2) is 97.2 Å². The van der Waals surface area contributed by atoms with Gasteiger partial charge in [0.2, 0.25) is 0 Å². The number of hydrogen-bond donors (Lipinski definition) is 2. The van der Waals surface area contributed by atoms with Crippen molar-refractivity contribution in [3.05, 3.63) is 119 Å². The molecule has 2 N–H and O–H groups in total. The van der Waals surface area contributed by atoms with Gasteiger partial charge in [0, 0.05) is 11.8 Å². The molecule has 3 aromatic carbocycles. The lowest BCUT2D eigenvalue weighted by Crippen LogP contribution is -2.35. The number of ether oxygens (including phenoxy) is 2. The molecule has 0 aliphatic rings. The third-order valence-corrected chi connectivity index (χ3v) is 5.46. The van der Waals surface area contributed by atoms with Crippen LogP contribution in [0.5, 0.6) is 11.5 Å². The predicted octanol–water partition coefficient (Wildman–Crippen LogP) is 5.13. The second kappa shape index (κ2) is 10.1. The van der Waals surface area contributed by atoms with Gasteiger partial charge in [-0.3, -0.25) is 4.84 Å². The molecule has 0 saturated carbocycles. The maximum atomic E-state index is 11.2. The Morgan fingerprint density at radius 1 is 0.824 bits per heavy atom. The summed E-state index contributed by atoms with van der Waals surface area (Å²) in [4.78, 5) is 21.9. The molecular weight excluding hydrogens is 432 g/mol. The summed E-state index contributed by atoms with van der Waals surface area (Å²) < 4.78 is 11.4. The van der Waals surface area contributed by atoms with Crippen LogP contribution in [0.4, 0.5) is 5.82 Å². The number of hydrogen-bond acceptors (Lipinski definition) is 6.